The zero-order valence-electron chi connectivity index (χ0n) is 18.0. The van der Waals surface area contributed by atoms with Crippen LogP contribution in [0.4, 0.5) is 5.69 Å². The lowest BCUT2D eigenvalue weighted by Crippen LogP contribution is -2.38. The Bertz CT molecular complexity index is 893. The molecule has 0 fully saturated rings. The highest BCUT2D eigenvalue weighted by Crippen LogP contribution is 2.42. The number of benzene rings is 1. The van der Waals surface area contributed by atoms with Crippen LogP contribution in [0.1, 0.15) is 59.6 Å². The number of hydrogen-bond donors (Lipinski definition) is 2. The predicted octanol–water partition coefficient (Wildman–Crippen LogP) is 5.07. The second kappa shape index (κ2) is 9.19. The van der Waals surface area contributed by atoms with Crippen molar-refractivity contribution < 1.29 is 9.90 Å². The Morgan fingerprint density at radius 3 is 2.45 bits per heavy atom. The van der Waals surface area contributed by atoms with Crippen LogP contribution in [-0.2, 0) is 10.2 Å². The molecule has 1 aromatic heterocycles. The van der Waals surface area contributed by atoms with Crippen LogP contribution in [0.2, 0.25) is 0 Å². The van der Waals surface area contributed by atoms with E-state index < -0.39 is 16.9 Å². The first kappa shape index (κ1) is 22.6. The first-order chi connectivity index (χ1) is 13.7. The number of para-hydroxylation sites is 1. The molecule has 0 saturated carbocycles. The number of anilines is 1. The molecule has 2 atom stereocenters. The van der Waals surface area contributed by atoms with E-state index in [0.29, 0.717) is 24.9 Å². The summed E-state index contributed by atoms with van der Waals surface area (Å²) in [4.78, 5) is 17.3. The first-order valence-electron chi connectivity index (χ1n) is 10.1. The number of rotatable bonds is 7. The van der Waals surface area contributed by atoms with Crippen LogP contribution in [0.15, 0.2) is 42.6 Å². The number of nitrogens with one attached hydrogen (secondary N) is 1. The van der Waals surface area contributed by atoms with Gasteiger partial charge in [-0.2, -0.15) is 5.26 Å². The van der Waals surface area contributed by atoms with Crippen molar-refractivity contribution in [3.05, 3.63) is 48.3 Å². The summed E-state index contributed by atoms with van der Waals surface area (Å²) in [6.07, 6.45) is 2.53. The van der Waals surface area contributed by atoms with Crippen LogP contribution in [0.3, 0.4) is 0 Å². The smallest absolute Gasteiger partial charge is 0.229 e. The van der Waals surface area contributed by atoms with Gasteiger partial charge in [0.1, 0.15) is 0 Å². The van der Waals surface area contributed by atoms with Crippen molar-refractivity contribution in [2.45, 2.75) is 65.4 Å². The van der Waals surface area contributed by atoms with Gasteiger partial charge < -0.3 is 10.4 Å². The Hall–Kier alpha value is -2.71. The van der Waals surface area contributed by atoms with Gasteiger partial charge >= 0.3 is 0 Å². The Balaban J connectivity index is 2.65. The minimum Gasteiger partial charge on any atom is -0.392 e. The number of amides is 1. The molecular weight excluding hydrogens is 362 g/mol. The van der Waals surface area contributed by atoms with Crippen LogP contribution in [0, 0.1) is 16.7 Å². The minimum absolute atomic E-state index is 0.0721. The van der Waals surface area contributed by atoms with Crippen LogP contribution in [0.25, 0.3) is 11.1 Å². The van der Waals surface area contributed by atoms with E-state index in [1.807, 2.05) is 64.1 Å². The number of aromatic nitrogens is 1. The summed E-state index contributed by atoms with van der Waals surface area (Å²) in [5.41, 5.74) is 2.00. The molecule has 154 valence electrons. The van der Waals surface area contributed by atoms with Gasteiger partial charge in [-0.3, -0.25) is 9.78 Å². The fourth-order valence-electron chi connectivity index (χ4n) is 3.60. The summed E-state index contributed by atoms with van der Waals surface area (Å²) in [7, 11) is 0. The van der Waals surface area contributed by atoms with Gasteiger partial charge in [0.15, 0.2) is 0 Å². The summed E-state index contributed by atoms with van der Waals surface area (Å²) >= 11 is 0. The lowest BCUT2D eigenvalue weighted by atomic mass is 9.71. The second-order valence-electron chi connectivity index (χ2n) is 8.49. The van der Waals surface area contributed by atoms with E-state index in [1.165, 1.54) is 0 Å². The van der Waals surface area contributed by atoms with E-state index in [-0.39, 0.29) is 5.91 Å². The number of nitrogens with zero attached hydrogens (tertiary/aromatic N) is 2. The Morgan fingerprint density at radius 1 is 1.21 bits per heavy atom. The number of carbonyl (C=O) groups is 1. The maximum Gasteiger partial charge on any atom is 0.229 e. The van der Waals surface area contributed by atoms with Gasteiger partial charge in [-0.1, -0.05) is 52.0 Å². The molecule has 1 amide bonds. The molecule has 5 nitrogen and oxygen atoms in total. The van der Waals surface area contributed by atoms with Crippen molar-refractivity contribution >= 4 is 11.6 Å². The van der Waals surface area contributed by atoms with E-state index in [2.05, 4.69) is 16.4 Å². The summed E-state index contributed by atoms with van der Waals surface area (Å²) in [5, 5.41) is 22.9. The van der Waals surface area contributed by atoms with Gasteiger partial charge in [0.25, 0.3) is 0 Å². The third-order valence-electron chi connectivity index (χ3n) is 5.54. The number of hydrogen-bond acceptors (Lipinski definition) is 4. The lowest BCUT2D eigenvalue weighted by molar-refractivity contribution is -0.123. The van der Waals surface area contributed by atoms with Gasteiger partial charge in [0.2, 0.25) is 5.91 Å². The van der Waals surface area contributed by atoms with Crippen LogP contribution in [-0.4, -0.2) is 22.1 Å². The van der Waals surface area contributed by atoms with Gasteiger partial charge in [-0.05, 0) is 31.9 Å². The summed E-state index contributed by atoms with van der Waals surface area (Å²) in [6.45, 7) is 9.39. The first-order valence-corrected chi connectivity index (χ1v) is 10.1. The van der Waals surface area contributed by atoms with Gasteiger partial charge in [-0.25, -0.2) is 0 Å². The van der Waals surface area contributed by atoms with E-state index in [0.717, 1.165) is 16.8 Å². The minimum atomic E-state index is -0.675. The molecule has 0 radical (unpaired) electrons. The molecule has 0 aliphatic heterocycles. The van der Waals surface area contributed by atoms with Crippen LogP contribution >= 0.6 is 0 Å². The molecule has 2 N–H and O–H groups in total. The average Bonchev–Trinajstić information content (AvgIpc) is 2.69. The molecule has 29 heavy (non-hydrogen) atoms. The monoisotopic (exact) mass is 393 g/mol. The quantitative estimate of drug-likeness (QED) is 0.688. The SMILES string of the molecule is CCC(CCC#N)(c1ncccc1-c1ccccc1NC(=O)C(C)(C)C)C(C)O. The van der Waals surface area contributed by atoms with Crippen molar-refractivity contribution in [2.24, 2.45) is 5.41 Å². The molecule has 1 aromatic carbocycles. The number of aliphatic hydroxyl groups is 1. The molecule has 0 bridgehead atoms. The highest BCUT2D eigenvalue weighted by Gasteiger charge is 2.38. The Labute approximate surface area is 173 Å². The van der Waals surface area contributed by atoms with Crippen LogP contribution in [0.5, 0.6) is 0 Å². The summed E-state index contributed by atoms with van der Waals surface area (Å²) in [6, 6.07) is 13.6. The Morgan fingerprint density at radius 2 is 1.86 bits per heavy atom. The maximum atomic E-state index is 12.6. The van der Waals surface area contributed by atoms with E-state index in [4.69, 9.17) is 5.26 Å². The standard InChI is InChI=1S/C24H31N3O2/c1-6-24(17(2)28,14-10-15-25)21-19(12-9-16-26-21)18-11-7-8-13-20(18)27-22(29)23(3,4)5/h7-9,11-13,16-17,28H,6,10,14H2,1-5H3,(H,27,29). The van der Waals surface area contributed by atoms with Gasteiger partial charge in [-0.15, -0.1) is 0 Å². The van der Waals surface area contributed by atoms with Crippen molar-refractivity contribution in [3.63, 3.8) is 0 Å². The van der Waals surface area contributed by atoms with E-state index in [9.17, 15) is 9.90 Å². The number of carbonyl (C=O) groups excluding carboxylic acids is 1. The molecule has 0 saturated heterocycles. The van der Waals surface area contributed by atoms with Crippen molar-refractivity contribution in [3.8, 4) is 17.2 Å². The maximum absolute atomic E-state index is 12.6. The van der Waals surface area contributed by atoms with Crippen molar-refractivity contribution in [2.75, 3.05) is 5.32 Å². The third kappa shape index (κ3) is 4.83. The molecule has 0 aliphatic rings. The average molecular weight is 394 g/mol. The molecule has 2 aromatic rings. The topological polar surface area (TPSA) is 86.0 Å². The van der Waals surface area contributed by atoms with Gasteiger partial charge in [0.05, 0.1) is 17.9 Å². The third-order valence-corrected chi connectivity index (χ3v) is 5.54. The zero-order valence-corrected chi connectivity index (χ0v) is 18.0. The molecule has 5 heteroatoms. The molecule has 0 aliphatic carbocycles. The zero-order chi connectivity index (χ0) is 21.7. The van der Waals surface area contributed by atoms with E-state index in [1.54, 1.807) is 13.1 Å². The fourth-order valence-corrected chi connectivity index (χ4v) is 3.60. The molecule has 1 heterocycles. The highest BCUT2D eigenvalue weighted by molar-refractivity contribution is 5.98. The normalized spacial score (nSPS) is 14.5. The summed E-state index contributed by atoms with van der Waals surface area (Å²) in [5.74, 6) is -0.0721. The molecule has 2 unspecified atom stereocenters. The summed E-state index contributed by atoms with van der Waals surface area (Å²) < 4.78 is 0. The number of pyridine rings is 1. The van der Waals surface area contributed by atoms with E-state index >= 15 is 0 Å². The second-order valence-corrected chi connectivity index (χ2v) is 8.49. The van der Waals surface area contributed by atoms with Crippen molar-refractivity contribution in [1.82, 2.24) is 4.98 Å². The number of nitriles is 1. The lowest BCUT2D eigenvalue weighted by Gasteiger charge is -2.36. The number of aliphatic hydroxyl groups excluding tert-OH is 1. The van der Waals surface area contributed by atoms with Gasteiger partial charge in [0, 0.05) is 40.3 Å². The molecular formula is C24H31N3O2. The Kier molecular flexibility index (Phi) is 7.16. The fraction of sp³-hybridized carbons (Fsp3) is 0.458. The van der Waals surface area contributed by atoms with Crippen molar-refractivity contribution in [1.29, 1.82) is 5.26 Å². The largest absolute Gasteiger partial charge is 0.392 e. The highest BCUT2D eigenvalue weighted by atomic mass is 16.3. The molecule has 2 rings (SSSR count). The molecule has 0 spiro atoms. The predicted molar refractivity (Wildman–Crippen MR) is 116 cm³/mol. The van der Waals surface area contributed by atoms with Crippen LogP contribution < -0.4 is 5.32 Å².